The number of methoxy groups -OCH3 is 1. The second kappa shape index (κ2) is 7.85. The Morgan fingerprint density at radius 1 is 1.30 bits per heavy atom. The molecule has 9 heteroatoms. The Balaban J connectivity index is 2.09. The molecule has 4 heterocycles. The number of ether oxygens (including phenoxy) is 1. The molecule has 4 rings (SSSR count). The molecule has 2 N–H and O–H groups in total. The van der Waals surface area contributed by atoms with Crippen LogP contribution >= 0.6 is 11.8 Å². The largest absolute Gasteiger partial charge is 0.465 e. The van der Waals surface area contributed by atoms with Crippen LogP contribution in [0.2, 0.25) is 0 Å². The van der Waals surface area contributed by atoms with Crippen molar-refractivity contribution >= 4 is 40.3 Å². The molecule has 0 saturated carbocycles. The van der Waals surface area contributed by atoms with Crippen LogP contribution in [-0.2, 0) is 9.53 Å². The normalized spacial score (nSPS) is 16.1. The van der Waals surface area contributed by atoms with Gasteiger partial charge in [-0.25, -0.2) is 4.79 Å². The van der Waals surface area contributed by atoms with Gasteiger partial charge in [-0.15, -0.1) is 0 Å². The quantitative estimate of drug-likeness (QED) is 0.625. The van der Waals surface area contributed by atoms with Crippen LogP contribution < -0.4 is 16.3 Å². The first-order valence-electron chi connectivity index (χ1n) is 8.82. The maximum atomic E-state index is 13.4. The Bertz CT molecular complexity index is 1310. The van der Waals surface area contributed by atoms with Crippen LogP contribution in [0.5, 0.6) is 0 Å². The highest BCUT2D eigenvalue weighted by Crippen LogP contribution is 2.39. The summed E-state index contributed by atoms with van der Waals surface area (Å²) in [5, 5.41) is 9.60. The molecule has 1 atom stereocenters. The Morgan fingerprint density at radius 2 is 2.03 bits per heavy atom. The lowest BCUT2D eigenvalue weighted by molar-refractivity contribution is -0.133. The lowest BCUT2D eigenvalue weighted by Crippen LogP contribution is -2.42. The van der Waals surface area contributed by atoms with Crippen molar-refractivity contribution in [2.24, 2.45) is 0 Å². The summed E-state index contributed by atoms with van der Waals surface area (Å²) in [5.74, 6) is -1.00. The Hall–Kier alpha value is -3.90. The number of thioether (sulfide) groups is 1. The summed E-state index contributed by atoms with van der Waals surface area (Å²) < 4.78 is 6.17. The van der Waals surface area contributed by atoms with Crippen LogP contribution in [-0.4, -0.2) is 33.5 Å². The van der Waals surface area contributed by atoms with Crippen molar-refractivity contribution in [3.05, 3.63) is 76.4 Å². The Kier molecular flexibility index (Phi) is 5.08. The third-order valence-electron chi connectivity index (χ3n) is 4.60. The van der Waals surface area contributed by atoms with Gasteiger partial charge in [0.1, 0.15) is 16.2 Å². The van der Waals surface area contributed by atoms with Crippen LogP contribution in [0.15, 0.2) is 49.1 Å². The number of nitriles is 1. The average molecular weight is 417 g/mol. The van der Waals surface area contributed by atoms with E-state index in [2.05, 4.69) is 9.97 Å². The van der Waals surface area contributed by atoms with E-state index in [0.717, 1.165) is 11.8 Å². The van der Waals surface area contributed by atoms with E-state index in [1.165, 1.54) is 11.7 Å². The fourth-order valence-corrected chi connectivity index (χ4v) is 4.47. The summed E-state index contributed by atoms with van der Waals surface area (Å²) in [5.41, 5.74) is 7.65. The van der Waals surface area contributed by atoms with Gasteiger partial charge in [0.25, 0.3) is 0 Å². The Labute approximate surface area is 175 Å². The first kappa shape index (κ1) is 19.4. The zero-order valence-electron chi connectivity index (χ0n) is 15.8. The van der Waals surface area contributed by atoms with Gasteiger partial charge in [0.15, 0.2) is 5.69 Å². The van der Waals surface area contributed by atoms with Crippen LogP contribution in [0.4, 0.5) is 5.69 Å². The predicted molar refractivity (Wildman–Crippen MR) is 111 cm³/mol. The number of nitrogens with two attached hydrogens (primary N) is 1. The van der Waals surface area contributed by atoms with Gasteiger partial charge in [-0.3, -0.25) is 19.3 Å². The standard InChI is InChI=1S/C21H15N5O3S/c1-29-21(28)19-17-14(8-12-4-2-6-24-10-12)16(23)15(9-22)26(17)20(27)18(30-19)13-5-3-7-25-11-13/h2-8,10-11,18H,23H2,1H3/b14-8+/t18-/m1/s1. The van der Waals surface area contributed by atoms with Gasteiger partial charge in [-0.1, -0.05) is 23.9 Å². The molecule has 0 bridgehead atoms. The lowest BCUT2D eigenvalue weighted by Gasteiger charge is -2.22. The minimum Gasteiger partial charge on any atom is -0.465 e. The summed E-state index contributed by atoms with van der Waals surface area (Å²) in [6, 6.07) is 8.99. The van der Waals surface area contributed by atoms with E-state index in [0.29, 0.717) is 16.3 Å². The van der Waals surface area contributed by atoms with E-state index < -0.39 is 11.2 Å². The van der Waals surface area contributed by atoms with Crippen LogP contribution in [0, 0.1) is 11.3 Å². The highest BCUT2D eigenvalue weighted by Gasteiger charge is 2.36. The minimum atomic E-state index is -0.773. The maximum absolute atomic E-state index is 13.4. The SMILES string of the molecule is COC(=O)C1=c2/c(=C/c3cccnc3)c(N)c(C#N)n2C(=O)[C@@H](c2cccnc2)S1. The minimum absolute atomic E-state index is 0.0271. The van der Waals surface area contributed by atoms with Crippen LogP contribution in [0.3, 0.4) is 0 Å². The van der Waals surface area contributed by atoms with E-state index in [1.807, 2.05) is 6.07 Å². The van der Waals surface area contributed by atoms with Gasteiger partial charge in [0.05, 0.1) is 18.1 Å². The molecular weight excluding hydrogens is 402 g/mol. The molecule has 3 aromatic rings. The number of pyridine rings is 2. The number of anilines is 1. The molecule has 30 heavy (non-hydrogen) atoms. The molecule has 1 aliphatic heterocycles. The number of hydrogen-bond donors (Lipinski definition) is 1. The summed E-state index contributed by atoms with van der Waals surface area (Å²) in [4.78, 5) is 34.4. The van der Waals surface area contributed by atoms with Gasteiger partial charge in [-0.05, 0) is 29.3 Å². The second-order valence-corrected chi connectivity index (χ2v) is 7.46. The molecule has 8 nitrogen and oxygen atoms in total. The summed E-state index contributed by atoms with van der Waals surface area (Å²) >= 11 is 1.06. The summed E-state index contributed by atoms with van der Waals surface area (Å²) in [6.45, 7) is 0. The number of fused-ring (bicyclic) bond motifs is 1. The number of nitrogens with zero attached hydrogens (tertiary/aromatic N) is 4. The molecule has 0 aliphatic carbocycles. The highest BCUT2D eigenvalue weighted by molar-refractivity contribution is 8.10. The van der Waals surface area contributed by atoms with Gasteiger partial charge >= 0.3 is 5.97 Å². The Morgan fingerprint density at radius 3 is 2.63 bits per heavy atom. The molecule has 3 aromatic heterocycles. The lowest BCUT2D eigenvalue weighted by atomic mass is 10.2. The number of aromatic nitrogens is 3. The van der Waals surface area contributed by atoms with Gasteiger partial charge in [0, 0.05) is 30.0 Å². The molecule has 0 unspecified atom stereocenters. The van der Waals surface area contributed by atoms with E-state index in [9.17, 15) is 14.9 Å². The molecule has 0 saturated heterocycles. The number of carbonyl (C=O) groups is 2. The van der Waals surface area contributed by atoms with Crippen molar-refractivity contribution < 1.29 is 14.3 Å². The van der Waals surface area contributed by atoms with Crippen LogP contribution in [0.25, 0.3) is 11.0 Å². The number of hydrogen-bond acceptors (Lipinski definition) is 8. The fraction of sp³-hybridized carbons (Fsp3) is 0.0952. The summed E-state index contributed by atoms with van der Waals surface area (Å²) in [7, 11) is 1.26. The topological polar surface area (TPSA) is 124 Å². The third-order valence-corrected chi connectivity index (χ3v) is 5.91. The second-order valence-electron chi connectivity index (χ2n) is 6.35. The first-order valence-corrected chi connectivity index (χ1v) is 9.70. The van der Waals surface area contributed by atoms with Crippen molar-refractivity contribution in [2.45, 2.75) is 5.25 Å². The third kappa shape index (κ3) is 3.13. The maximum Gasteiger partial charge on any atom is 0.346 e. The highest BCUT2D eigenvalue weighted by atomic mass is 32.2. The van der Waals surface area contributed by atoms with E-state index in [1.54, 1.807) is 55.1 Å². The summed E-state index contributed by atoms with van der Waals surface area (Å²) in [6.07, 6.45) is 8.07. The van der Waals surface area contributed by atoms with Gasteiger partial charge in [-0.2, -0.15) is 5.26 Å². The molecule has 0 radical (unpaired) electrons. The average Bonchev–Trinajstić information content (AvgIpc) is 3.07. The zero-order chi connectivity index (χ0) is 21.3. The first-order chi connectivity index (χ1) is 14.6. The van der Waals surface area contributed by atoms with Gasteiger partial charge in [0.2, 0.25) is 5.91 Å². The van der Waals surface area contributed by atoms with Crippen molar-refractivity contribution in [2.75, 3.05) is 12.8 Å². The number of esters is 1. The molecule has 0 fully saturated rings. The van der Waals surface area contributed by atoms with Crippen LogP contribution in [0.1, 0.15) is 26.9 Å². The van der Waals surface area contributed by atoms with Crippen molar-refractivity contribution in [1.29, 1.82) is 5.26 Å². The zero-order valence-corrected chi connectivity index (χ0v) is 16.6. The van der Waals surface area contributed by atoms with Crippen molar-refractivity contribution in [3.63, 3.8) is 0 Å². The van der Waals surface area contributed by atoms with Crippen molar-refractivity contribution in [1.82, 2.24) is 14.5 Å². The molecular formula is C21H15N5O3S. The van der Waals surface area contributed by atoms with Gasteiger partial charge < -0.3 is 10.5 Å². The molecule has 0 spiro atoms. The molecule has 148 valence electrons. The molecule has 1 aliphatic rings. The smallest absolute Gasteiger partial charge is 0.346 e. The van der Waals surface area contributed by atoms with E-state index >= 15 is 0 Å². The molecule has 0 aromatic carbocycles. The van der Waals surface area contributed by atoms with E-state index in [4.69, 9.17) is 10.5 Å². The number of rotatable bonds is 3. The fourth-order valence-electron chi connectivity index (χ4n) is 3.26. The number of carbonyl (C=O) groups excluding carboxylic acids is 2. The number of nitrogen functional groups attached to an aromatic ring is 1. The predicted octanol–water partition coefficient (Wildman–Crippen LogP) is 0.970. The van der Waals surface area contributed by atoms with Crippen molar-refractivity contribution in [3.8, 4) is 6.07 Å². The molecule has 0 amide bonds. The van der Waals surface area contributed by atoms with E-state index in [-0.39, 0.29) is 27.5 Å². The monoisotopic (exact) mass is 417 g/mol.